The van der Waals surface area contributed by atoms with Crippen LogP contribution in [0.5, 0.6) is 10.8 Å². The van der Waals surface area contributed by atoms with E-state index in [1.165, 1.54) is 13.2 Å². The minimum Gasteiger partial charge on any atom is -0.499 e. The molecule has 0 radical (unpaired) electrons. The van der Waals surface area contributed by atoms with Crippen molar-refractivity contribution in [3.63, 3.8) is 0 Å². The minimum atomic E-state index is -0.406. The molecule has 68 valence electrons. The van der Waals surface area contributed by atoms with Crippen LogP contribution >= 0.6 is 11.3 Å². The Balaban J connectivity index is 2.72. The van der Waals surface area contributed by atoms with E-state index in [1.807, 2.05) is 0 Å². The standard InChI is InChI=1S/C9H7FO2S/c1-12-7-2-5-3-9(11)13-8(5)4-6(7)10/h2-4,11H,1H3. The van der Waals surface area contributed by atoms with Crippen molar-refractivity contribution in [2.75, 3.05) is 7.11 Å². The van der Waals surface area contributed by atoms with Crippen LogP contribution in [0.3, 0.4) is 0 Å². The summed E-state index contributed by atoms with van der Waals surface area (Å²) in [5.74, 6) is -0.206. The summed E-state index contributed by atoms with van der Waals surface area (Å²) in [4.78, 5) is 0. The van der Waals surface area contributed by atoms with Gasteiger partial charge in [0.1, 0.15) is 0 Å². The molecule has 0 spiro atoms. The van der Waals surface area contributed by atoms with Crippen LogP contribution in [-0.2, 0) is 0 Å². The lowest BCUT2D eigenvalue weighted by atomic mass is 10.2. The van der Waals surface area contributed by atoms with Crippen LogP contribution < -0.4 is 4.74 Å². The van der Waals surface area contributed by atoms with E-state index in [4.69, 9.17) is 9.84 Å². The van der Waals surface area contributed by atoms with E-state index in [0.29, 0.717) is 0 Å². The number of ether oxygens (including phenoxy) is 1. The SMILES string of the molecule is COc1cc2cc(O)sc2cc1F. The van der Waals surface area contributed by atoms with Crippen molar-refractivity contribution in [1.82, 2.24) is 0 Å². The summed E-state index contributed by atoms with van der Waals surface area (Å²) in [6, 6.07) is 4.52. The van der Waals surface area contributed by atoms with E-state index in [2.05, 4.69) is 0 Å². The maximum atomic E-state index is 13.1. The van der Waals surface area contributed by atoms with Gasteiger partial charge >= 0.3 is 0 Å². The Morgan fingerprint density at radius 1 is 1.38 bits per heavy atom. The number of aromatic hydroxyl groups is 1. The lowest BCUT2D eigenvalue weighted by Gasteiger charge is -2.00. The second-order valence-electron chi connectivity index (χ2n) is 2.61. The third-order valence-electron chi connectivity index (χ3n) is 1.78. The minimum absolute atomic E-state index is 0.183. The fraction of sp³-hybridized carbons (Fsp3) is 0.111. The van der Waals surface area contributed by atoms with Gasteiger partial charge in [-0.25, -0.2) is 4.39 Å². The summed E-state index contributed by atoms with van der Waals surface area (Å²) >= 11 is 1.15. The average molecular weight is 198 g/mol. The van der Waals surface area contributed by atoms with Crippen molar-refractivity contribution in [2.45, 2.75) is 0 Å². The van der Waals surface area contributed by atoms with Crippen LogP contribution in [-0.4, -0.2) is 12.2 Å². The molecule has 0 aliphatic heterocycles. The number of hydrogen-bond acceptors (Lipinski definition) is 3. The number of benzene rings is 1. The zero-order valence-corrected chi connectivity index (χ0v) is 7.69. The van der Waals surface area contributed by atoms with E-state index in [-0.39, 0.29) is 10.8 Å². The molecule has 4 heteroatoms. The highest BCUT2D eigenvalue weighted by molar-refractivity contribution is 7.20. The van der Waals surface area contributed by atoms with Gasteiger partial charge in [0.2, 0.25) is 0 Å². The summed E-state index contributed by atoms with van der Waals surface area (Å²) in [6.07, 6.45) is 0. The second kappa shape index (κ2) is 2.88. The summed E-state index contributed by atoms with van der Waals surface area (Å²) in [6.45, 7) is 0. The zero-order valence-electron chi connectivity index (χ0n) is 6.87. The first-order valence-corrected chi connectivity index (χ1v) is 4.48. The molecular formula is C9H7FO2S. The lowest BCUT2D eigenvalue weighted by molar-refractivity contribution is 0.387. The van der Waals surface area contributed by atoms with E-state index < -0.39 is 5.82 Å². The lowest BCUT2D eigenvalue weighted by Crippen LogP contribution is -1.86. The van der Waals surface area contributed by atoms with Crippen molar-refractivity contribution in [2.24, 2.45) is 0 Å². The van der Waals surface area contributed by atoms with E-state index in [9.17, 15) is 4.39 Å². The molecule has 13 heavy (non-hydrogen) atoms. The summed E-state index contributed by atoms with van der Waals surface area (Å²) in [7, 11) is 1.41. The van der Waals surface area contributed by atoms with Gasteiger partial charge in [-0.15, -0.1) is 0 Å². The Hall–Kier alpha value is -1.29. The van der Waals surface area contributed by atoms with Crippen molar-refractivity contribution in [3.8, 4) is 10.8 Å². The van der Waals surface area contributed by atoms with Crippen molar-refractivity contribution < 1.29 is 14.2 Å². The third kappa shape index (κ3) is 1.33. The predicted molar refractivity (Wildman–Crippen MR) is 50.0 cm³/mol. The first-order valence-electron chi connectivity index (χ1n) is 3.67. The molecule has 0 amide bonds. The fourth-order valence-electron chi connectivity index (χ4n) is 1.18. The number of rotatable bonds is 1. The molecule has 2 nitrogen and oxygen atoms in total. The molecule has 2 aromatic rings. The van der Waals surface area contributed by atoms with Gasteiger partial charge < -0.3 is 9.84 Å². The van der Waals surface area contributed by atoms with Crippen LogP contribution in [0.15, 0.2) is 18.2 Å². The molecule has 1 aromatic heterocycles. The van der Waals surface area contributed by atoms with Crippen LogP contribution in [0.2, 0.25) is 0 Å². The third-order valence-corrected chi connectivity index (χ3v) is 2.68. The van der Waals surface area contributed by atoms with E-state index in [0.717, 1.165) is 21.4 Å². The summed E-state index contributed by atoms with van der Waals surface area (Å²) in [5.41, 5.74) is 0. The highest BCUT2D eigenvalue weighted by Crippen LogP contribution is 2.34. The zero-order chi connectivity index (χ0) is 9.42. The Morgan fingerprint density at radius 3 is 2.85 bits per heavy atom. The van der Waals surface area contributed by atoms with Crippen LogP contribution in [0, 0.1) is 5.82 Å². The van der Waals surface area contributed by atoms with Crippen molar-refractivity contribution >= 4 is 21.4 Å². The molecular weight excluding hydrogens is 191 g/mol. The number of fused-ring (bicyclic) bond motifs is 1. The normalized spacial score (nSPS) is 10.6. The molecule has 0 aliphatic carbocycles. The topological polar surface area (TPSA) is 29.5 Å². The highest BCUT2D eigenvalue weighted by Gasteiger charge is 2.07. The first-order chi connectivity index (χ1) is 6.20. The molecule has 0 saturated carbocycles. The van der Waals surface area contributed by atoms with Crippen molar-refractivity contribution in [3.05, 3.63) is 24.0 Å². The maximum Gasteiger partial charge on any atom is 0.172 e. The predicted octanol–water partition coefficient (Wildman–Crippen LogP) is 2.75. The van der Waals surface area contributed by atoms with Gasteiger partial charge in [0, 0.05) is 10.1 Å². The molecule has 1 N–H and O–H groups in total. The van der Waals surface area contributed by atoms with Crippen LogP contribution in [0.1, 0.15) is 0 Å². The van der Waals surface area contributed by atoms with Gasteiger partial charge in [0.05, 0.1) is 7.11 Å². The number of thiophene rings is 1. The monoisotopic (exact) mass is 198 g/mol. The molecule has 0 aliphatic rings. The Bertz CT molecular complexity index is 450. The molecule has 0 saturated heterocycles. The van der Waals surface area contributed by atoms with Crippen LogP contribution in [0.4, 0.5) is 4.39 Å². The van der Waals surface area contributed by atoms with Crippen molar-refractivity contribution in [1.29, 1.82) is 0 Å². The molecule has 1 aromatic carbocycles. The molecule has 0 atom stereocenters. The summed E-state index contributed by atoms with van der Waals surface area (Å²) in [5, 5.41) is 10.1. The molecule has 2 rings (SSSR count). The van der Waals surface area contributed by atoms with E-state index >= 15 is 0 Å². The highest BCUT2D eigenvalue weighted by atomic mass is 32.1. The van der Waals surface area contributed by atoms with Gasteiger partial charge in [0.25, 0.3) is 0 Å². The number of hydrogen-bond donors (Lipinski definition) is 1. The molecule has 0 unspecified atom stereocenters. The molecule has 0 fully saturated rings. The largest absolute Gasteiger partial charge is 0.499 e. The van der Waals surface area contributed by atoms with Gasteiger partial charge in [-0.3, -0.25) is 0 Å². The van der Waals surface area contributed by atoms with Gasteiger partial charge in [-0.2, -0.15) is 0 Å². The Labute approximate surface area is 78.2 Å². The van der Waals surface area contributed by atoms with Gasteiger partial charge in [0.15, 0.2) is 16.6 Å². The number of methoxy groups -OCH3 is 1. The first kappa shape index (κ1) is 8.31. The summed E-state index contributed by atoms with van der Waals surface area (Å²) < 4.78 is 18.7. The smallest absolute Gasteiger partial charge is 0.172 e. The number of halogens is 1. The maximum absolute atomic E-state index is 13.1. The van der Waals surface area contributed by atoms with Gasteiger partial charge in [-0.05, 0) is 18.2 Å². The quantitative estimate of drug-likeness (QED) is 0.763. The average Bonchev–Trinajstić information content (AvgIpc) is 2.42. The Kier molecular flexibility index (Phi) is 1.84. The molecule has 1 heterocycles. The van der Waals surface area contributed by atoms with E-state index in [1.54, 1.807) is 12.1 Å². The second-order valence-corrected chi connectivity index (χ2v) is 3.67. The van der Waals surface area contributed by atoms with Crippen LogP contribution in [0.25, 0.3) is 10.1 Å². The Morgan fingerprint density at radius 2 is 2.15 bits per heavy atom. The van der Waals surface area contributed by atoms with Gasteiger partial charge in [-0.1, -0.05) is 11.3 Å². The molecule has 0 bridgehead atoms. The fourth-order valence-corrected chi connectivity index (χ4v) is 1.99.